The van der Waals surface area contributed by atoms with Gasteiger partial charge in [-0.05, 0) is 51.9 Å². The molecular weight excluding hydrogens is 299 g/mol. The van der Waals surface area contributed by atoms with Crippen LogP contribution in [0.5, 0.6) is 0 Å². The summed E-state index contributed by atoms with van der Waals surface area (Å²) in [5, 5.41) is 0. The molecule has 0 amide bonds. The van der Waals surface area contributed by atoms with Crippen molar-refractivity contribution in [3.05, 3.63) is 0 Å². The third-order valence-electron chi connectivity index (χ3n) is 5.03. The summed E-state index contributed by atoms with van der Waals surface area (Å²) < 4.78 is 54.3. The molecule has 0 aliphatic heterocycles. The third-order valence-corrected chi connectivity index (χ3v) is 6.64. The highest BCUT2D eigenvalue weighted by atomic mass is 32.2. The molecule has 2 aliphatic carbocycles. The van der Waals surface area contributed by atoms with Gasteiger partial charge in [0.25, 0.3) is 0 Å². The van der Waals surface area contributed by atoms with Crippen LogP contribution in [0, 0.1) is 11.3 Å². The van der Waals surface area contributed by atoms with E-state index in [0.717, 1.165) is 32.1 Å². The van der Waals surface area contributed by atoms with E-state index in [1.807, 2.05) is 20.8 Å². The summed E-state index contributed by atoms with van der Waals surface area (Å²) in [4.78, 5) is 0. The molecule has 2 saturated carbocycles. The Labute approximate surface area is 127 Å². The van der Waals surface area contributed by atoms with E-state index in [2.05, 4.69) is 4.72 Å². The minimum atomic E-state index is -4.13. The van der Waals surface area contributed by atoms with Crippen LogP contribution < -0.4 is 4.72 Å². The number of halogens is 3. The van der Waals surface area contributed by atoms with Gasteiger partial charge < -0.3 is 0 Å². The Bertz CT molecular complexity index is 397. The molecule has 124 valence electrons. The topological polar surface area (TPSA) is 29.1 Å². The summed E-state index contributed by atoms with van der Waals surface area (Å²) >= 11 is 0. The van der Waals surface area contributed by atoms with E-state index in [-0.39, 0.29) is 24.3 Å². The molecule has 1 N–H and O–H groups in total. The minimum absolute atomic E-state index is 0.0747. The molecule has 2 fully saturated rings. The number of nitrogens with one attached hydrogen (secondary N) is 1. The van der Waals surface area contributed by atoms with Crippen molar-refractivity contribution < 1.29 is 17.4 Å². The van der Waals surface area contributed by atoms with Gasteiger partial charge in [-0.2, -0.15) is 13.2 Å². The highest BCUT2D eigenvalue weighted by molar-refractivity contribution is 7.84. The van der Waals surface area contributed by atoms with Gasteiger partial charge in [-0.25, -0.2) is 8.93 Å². The monoisotopic (exact) mass is 325 g/mol. The zero-order chi connectivity index (χ0) is 15.9. The first kappa shape index (κ1) is 17.3. The molecule has 0 heterocycles. The van der Waals surface area contributed by atoms with Crippen LogP contribution in [0.1, 0.15) is 65.7 Å². The fraction of sp³-hybridized carbons (Fsp3) is 1.00. The average molecular weight is 325 g/mol. The van der Waals surface area contributed by atoms with Gasteiger partial charge in [0.1, 0.15) is 0 Å². The maximum absolute atomic E-state index is 13.1. The number of rotatable bonds is 2. The Morgan fingerprint density at radius 2 is 1.67 bits per heavy atom. The lowest BCUT2D eigenvalue weighted by molar-refractivity contribution is -0.175. The molecule has 2 nitrogen and oxygen atoms in total. The first-order valence-corrected chi connectivity index (χ1v) is 8.94. The quantitative estimate of drug-likeness (QED) is 0.804. The number of hydrogen-bond acceptors (Lipinski definition) is 1. The smallest absolute Gasteiger partial charge is 0.242 e. The van der Waals surface area contributed by atoms with Crippen molar-refractivity contribution >= 4 is 11.0 Å². The molecule has 1 unspecified atom stereocenters. The van der Waals surface area contributed by atoms with Gasteiger partial charge in [0.05, 0.1) is 21.7 Å². The van der Waals surface area contributed by atoms with E-state index >= 15 is 0 Å². The second-order valence-electron chi connectivity index (χ2n) is 7.65. The van der Waals surface area contributed by atoms with Gasteiger partial charge in [-0.3, -0.25) is 0 Å². The molecular formula is C15H26F3NOS. The first-order chi connectivity index (χ1) is 9.55. The van der Waals surface area contributed by atoms with Crippen molar-refractivity contribution in [2.24, 2.45) is 11.3 Å². The lowest BCUT2D eigenvalue weighted by Crippen LogP contribution is -2.47. The van der Waals surface area contributed by atoms with Crippen LogP contribution in [-0.4, -0.2) is 21.2 Å². The average Bonchev–Trinajstić information content (AvgIpc) is 2.68. The van der Waals surface area contributed by atoms with Gasteiger partial charge in [0, 0.05) is 6.04 Å². The minimum Gasteiger partial charge on any atom is -0.242 e. The van der Waals surface area contributed by atoms with Crippen molar-refractivity contribution in [2.75, 3.05) is 0 Å². The van der Waals surface area contributed by atoms with Crippen LogP contribution in [0.2, 0.25) is 0 Å². The second-order valence-corrected chi connectivity index (χ2v) is 9.65. The normalized spacial score (nSPS) is 31.5. The van der Waals surface area contributed by atoms with Crippen LogP contribution in [-0.2, 0) is 11.0 Å². The lowest BCUT2D eigenvalue weighted by Gasteiger charge is -2.40. The molecule has 0 radical (unpaired) electrons. The van der Waals surface area contributed by atoms with E-state index in [1.54, 1.807) is 0 Å². The van der Waals surface area contributed by atoms with E-state index in [0.29, 0.717) is 0 Å². The summed E-state index contributed by atoms with van der Waals surface area (Å²) in [5.41, 5.74) is -0.306. The van der Waals surface area contributed by atoms with Crippen LogP contribution >= 0.6 is 0 Å². The predicted octanol–water partition coefficient (Wildman–Crippen LogP) is 4.33. The Morgan fingerprint density at radius 3 is 2.14 bits per heavy atom. The molecule has 2 rings (SSSR count). The van der Waals surface area contributed by atoms with Crippen molar-refractivity contribution in [2.45, 2.75) is 82.7 Å². The van der Waals surface area contributed by atoms with E-state index < -0.39 is 27.8 Å². The Morgan fingerprint density at radius 1 is 1.10 bits per heavy atom. The highest BCUT2D eigenvalue weighted by Crippen LogP contribution is 2.55. The summed E-state index contributed by atoms with van der Waals surface area (Å²) in [7, 11) is -1.31. The summed E-state index contributed by atoms with van der Waals surface area (Å²) in [6, 6.07) is -0.274. The van der Waals surface area contributed by atoms with E-state index in [9.17, 15) is 17.4 Å². The first-order valence-electron chi connectivity index (χ1n) is 7.79. The fourth-order valence-electron chi connectivity index (χ4n) is 3.79. The molecule has 0 aromatic carbocycles. The van der Waals surface area contributed by atoms with Crippen molar-refractivity contribution in [3.8, 4) is 0 Å². The van der Waals surface area contributed by atoms with Gasteiger partial charge in [0.2, 0.25) is 0 Å². The van der Waals surface area contributed by atoms with Gasteiger partial charge >= 0.3 is 6.18 Å². The maximum atomic E-state index is 13.1. The molecule has 0 aromatic heterocycles. The number of hydrogen-bond donors (Lipinski definition) is 1. The molecule has 1 spiro atoms. The van der Waals surface area contributed by atoms with Crippen LogP contribution in [0.15, 0.2) is 0 Å². The summed E-state index contributed by atoms with van der Waals surface area (Å²) in [6.07, 6.45) is 0.894. The van der Waals surface area contributed by atoms with E-state index in [4.69, 9.17) is 0 Å². The van der Waals surface area contributed by atoms with Gasteiger partial charge in [-0.1, -0.05) is 19.3 Å². The Kier molecular flexibility index (Phi) is 4.80. The largest absolute Gasteiger partial charge is 0.391 e. The zero-order valence-electron chi connectivity index (χ0n) is 13.1. The van der Waals surface area contributed by atoms with Crippen LogP contribution in [0.4, 0.5) is 13.2 Å². The highest BCUT2D eigenvalue weighted by Gasteiger charge is 2.55. The SMILES string of the molecule is CC(C)(C)[S@@](=O)N[C@@H]1CC(C(F)(F)F)CC12CCCCC2. The summed E-state index contributed by atoms with van der Waals surface area (Å²) in [6.45, 7) is 5.54. The van der Waals surface area contributed by atoms with Crippen LogP contribution in [0.25, 0.3) is 0 Å². The van der Waals surface area contributed by atoms with Crippen LogP contribution in [0.3, 0.4) is 0 Å². The Balaban J connectivity index is 2.17. The fourth-order valence-corrected chi connectivity index (χ4v) is 4.75. The van der Waals surface area contributed by atoms with Crippen molar-refractivity contribution in [1.82, 2.24) is 4.72 Å². The Hall–Kier alpha value is -0.100. The summed E-state index contributed by atoms with van der Waals surface area (Å²) in [5.74, 6) is -1.25. The molecule has 0 aromatic rings. The second kappa shape index (κ2) is 5.84. The zero-order valence-corrected chi connectivity index (χ0v) is 13.9. The maximum Gasteiger partial charge on any atom is 0.391 e. The van der Waals surface area contributed by atoms with E-state index in [1.165, 1.54) is 0 Å². The standard InChI is InChI=1S/C15H26F3NOS/c1-13(2,3)21(20)19-12-9-11(15(16,17)18)10-14(12)7-5-4-6-8-14/h11-12,19H,4-10H2,1-3H3/t11?,12-,21-/m1/s1. The van der Waals surface area contributed by atoms with Crippen molar-refractivity contribution in [3.63, 3.8) is 0 Å². The van der Waals surface area contributed by atoms with Gasteiger partial charge in [-0.15, -0.1) is 0 Å². The van der Waals surface area contributed by atoms with Crippen molar-refractivity contribution in [1.29, 1.82) is 0 Å². The molecule has 0 saturated heterocycles. The molecule has 3 atom stereocenters. The third kappa shape index (κ3) is 3.81. The molecule has 0 bridgehead atoms. The molecule has 2 aliphatic rings. The lowest BCUT2D eigenvalue weighted by atomic mass is 9.70. The molecule has 6 heteroatoms. The van der Waals surface area contributed by atoms with Gasteiger partial charge in [0.15, 0.2) is 0 Å². The number of alkyl halides is 3. The molecule has 21 heavy (non-hydrogen) atoms. The predicted molar refractivity (Wildman–Crippen MR) is 79.1 cm³/mol.